The van der Waals surface area contributed by atoms with Crippen molar-refractivity contribution in [1.82, 2.24) is 0 Å². The molecule has 0 bridgehead atoms. The lowest BCUT2D eigenvalue weighted by Gasteiger charge is -2.12. The summed E-state index contributed by atoms with van der Waals surface area (Å²) in [5.74, 6) is 0.0475. The number of benzene rings is 2. The van der Waals surface area contributed by atoms with E-state index in [4.69, 9.17) is 14.6 Å². The topological polar surface area (TPSA) is 72.8 Å². The zero-order valence-corrected chi connectivity index (χ0v) is 13.7. The molecule has 0 saturated carbocycles. The van der Waals surface area contributed by atoms with Crippen molar-refractivity contribution in [1.29, 1.82) is 0 Å². The van der Waals surface area contributed by atoms with E-state index in [1.54, 1.807) is 42.5 Å². The van der Waals surface area contributed by atoms with Gasteiger partial charge in [-0.1, -0.05) is 12.1 Å². The number of hydrogen-bond acceptors (Lipinski definition) is 5. The van der Waals surface area contributed by atoms with E-state index in [0.29, 0.717) is 29.0 Å². The molecule has 0 aliphatic rings. The minimum atomic E-state index is -0.477. The molecule has 24 heavy (non-hydrogen) atoms. The molecule has 5 heteroatoms. The molecule has 0 amide bonds. The van der Waals surface area contributed by atoms with Crippen molar-refractivity contribution >= 4 is 11.8 Å². The summed E-state index contributed by atoms with van der Waals surface area (Å²) >= 11 is 0. The van der Waals surface area contributed by atoms with E-state index in [1.165, 1.54) is 6.92 Å². The van der Waals surface area contributed by atoms with Crippen LogP contribution in [0.1, 0.15) is 45.7 Å². The van der Waals surface area contributed by atoms with Crippen molar-refractivity contribution in [3.05, 3.63) is 64.7 Å². The van der Waals surface area contributed by atoms with Crippen molar-refractivity contribution in [2.45, 2.75) is 27.1 Å². The second-order valence-electron chi connectivity index (χ2n) is 5.24. The number of hydrogen-bond donors (Lipinski definition) is 1. The minimum absolute atomic E-state index is 0.0110. The Morgan fingerprint density at radius 3 is 2.29 bits per heavy atom. The lowest BCUT2D eigenvalue weighted by atomic mass is 10.1. The summed E-state index contributed by atoms with van der Waals surface area (Å²) in [6.07, 6.45) is 0. The summed E-state index contributed by atoms with van der Waals surface area (Å²) in [6, 6.07) is 11.6. The Morgan fingerprint density at radius 1 is 1.04 bits per heavy atom. The maximum atomic E-state index is 12.1. The Labute approximate surface area is 140 Å². The highest BCUT2D eigenvalue weighted by atomic mass is 16.5. The second-order valence-corrected chi connectivity index (χ2v) is 5.24. The SMILES string of the molecule is CCOc1ccc(C(C)=O)cc1COC(=O)c1ccc(CO)cc1. The monoisotopic (exact) mass is 328 g/mol. The van der Waals surface area contributed by atoms with Crippen LogP contribution in [0.15, 0.2) is 42.5 Å². The van der Waals surface area contributed by atoms with Gasteiger partial charge in [0.15, 0.2) is 5.78 Å². The van der Waals surface area contributed by atoms with Crippen molar-refractivity contribution in [3.63, 3.8) is 0 Å². The number of aliphatic hydroxyl groups is 1. The molecule has 126 valence electrons. The van der Waals surface area contributed by atoms with Crippen molar-refractivity contribution < 1.29 is 24.2 Å². The molecule has 0 heterocycles. The number of carbonyl (C=O) groups excluding carboxylic acids is 2. The molecule has 5 nitrogen and oxygen atoms in total. The number of ether oxygens (including phenoxy) is 2. The van der Waals surface area contributed by atoms with E-state index in [-0.39, 0.29) is 19.0 Å². The summed E-state index contributed by atoms with van der Waals surface area (Å²) < 4.78 is 10.8. The molecule has 0 atom stereocenters. The van der Waals surface area contributed by atoms with Crippen molar-refractivity contribution in [2.75, 3.05) is 6.61 Å². The molecular weight excluding hydrogens is 308 g/mol. The minimum Gasteiger partial charge on any atom is -0.493 e. The van der Waals surface area contributed by atoms with Crippen LogP contribution in [0, 0.1) is 0 Å². The summed E-state index contributed by atoms with van der Waals surface area (Å²) in [4.78, 5) is 23.6. The molecule has 0 aliphatic carbocycles. The summed E-state index contributed by atoms with van der Waals surface area (Å²) in [6.45, 7) is 3.75. The van der Waals surface area contributed by atoms with Crippen LogP contribution in [0.5, 0.6) is 5.75 Å². The van der Waals surface area contributed by atoms with Gasteiger partial charge in [0, 0.05) is 11.1 Å². The molecule has 0 spiro atoms. The summed E-state index contributed by atoms with van der Waals surface area (Å²) in [5, 5.41) is 9.01. The predicted octanol–water partition coefficient (Wildman–Crippen LogP) is 3.14. The van der Waals surface area contributed by atoms with E-state index in [9.17, 15) is 9.59 Å². The zero-order valence-electron chi connectivity index (χ0n) is 13.7. The molecule has 0 fully saturated rings. The van der Waals surface area contributed by atoms with Gasteiger partial charge in [0.25, 0.3) is 0 Å². The Balaban J connectivity index is 2.12. The van der Waals surface area contributed by atoms with Gasteiger partial charge in [-0.15, -0.1) is 0 Å². The predicted molar refractivity (Wildman–Crippen MR) is 89.1 cm³/mol. The zero-order chi connectivity index (χ0) is 17.5. The number of aliphatic hydroxyl groups excluding tert-OH is 1. The van der Waals surface area contributed by atoms with Crippen LogP contribution in [0.3, 0.4) is 0 Å². The maximum Gasteiger partial charge on any atom is 0.338 e. The smallest absolute Gasteiger partial charge is 0.338 e. The van der Waals surface area contributed by atoms with Crippen LogP contribution in [-0.2, 0) is 18.0 Å². The van der Waals surface area contributed by atoms with Crippen LogP contribution in [0.2, 0.25) is 0 Å². The first-order chi connectivity index (χ1) is 11.5. The van der Waals surface area contributed by atoms with Gasteiger partial charge in [-0.2, -0.15) is 0 Å². The normalized spacial score (nSPS) is 10.3. The molecule has 0 aromatic heterocycles. The second kappa shape index (κ2) is 8.26. The number of carbonyl (C=O) groups is 2. The Hall–Kier alpha value is -2.66. The third kappa shape index (κ3) is 4.43. The molecule has 0 saturated heterocycles. The average Bonchev–Trinajstić information content (AvgIpc) is 2.60. The Bertz CT molecular complexity index is 719. The molecule has 2 aromatic carbocycles. The van der Waals surface area contributed by atoms with Crippen LogP contribution in [0.4, 0.5) is 0 Å². The molecule has 0 radical (unpaired) electrons. The quantitative estimate of drug-likeness (QED) is 0.624. The van der Waals surface area contributed by atoms with Gasteiger partial charge in [-0.3, -0.25) is 4.79 Å². The Kier molecular flexibility index (Phi) is 6.09. The third-order valence-electron chi connectivity index (χ3n) is 3.50. The van der Waals surface area contributed by atoms with E-state index in [2.05, 4.69) is 0 Å². The van der Waals surface area contributed by atoms with Gasteiger partial charge in [0.1, 0.15) is 12.4 Å². The van der Waals surface area contributed by atoms with Crippen LogP contribution < -0.4 is 4.74 Å². The van der Waals surface area contributed by atoms with Gasteiger partial charge in [-0.05, 0) is 49.7 Å². The largest absolute Gasteiger partial charge is 0.493 e. The van der Waals surface area contributed by atoms with Crippen LogP contribution in [-0.4, -0.2) is 23.5 Å². The number of ketones is 1. The lowest BCUT2D eigenvalue weighted by molar-refractivity contribution is 0.0469. The van der Waals surface area contributed by atoms with Gasteiger partial charge in [0.05, 0.1) is 18.8 Å². The van der Waals surface area contributed by atoms with Crippen molar-refractivity contribution in [3.8, 4) is 5.75 Å². The van der Waals surface area contributed by atoms with Gasteiger partial charge < -0.3 is 14.6 Å². The molecule has 1 N–H and O–H groups in total. The van der Waals surface area contributed by atoms with Gasteiger partial charge in [0.2, 0.25) is 0 Å². The van der Waals surface area contributed by atoms with E-state index < -0.39 is 5.97 Å². The fourth-order valence-corrected chi connectivity index (χ4v) is 2.18. The number of esters is 1. The first-order valence-corrected chi connectivity index (χ1v) is 7.68. The summed E-state index contributed by atoms with van der Waals surface area (Å²) in [7, 11) is 0. The molecule has 2 rings (SSSR count). The fourth-order valence-electron chi connectivity index (χ4n) is 2.18. The highest BCUT2D eigenvalue weighted by Crippen LogP contribution is 2.22. The maximum absolute atomic E-state index is 12.1. The number of Topliss-reactive ketones (excluding diaryl/α,β-unsaturated/α-hetero) is 1. The molecule has 2 aromatic rings. The van der Waals surface area contributed by atoms with Crippen LogP contribution in [0.25, 0.3) is 0 Å². The Morgan fingerprint density at radius 2 is 1.71 bits per heavy atom. The lowest BCUT2D eigenvalue weighted by Crippen LogP contribution is -2.07. The van der Waals surface area contributed by atoms with E-state index >= 15 is 0 Å². The van der Waals surface area contributed by atoms with E-state index in [1.807, 2.05) is 6.92 Å². The van der Waals surface area contributed by atoms with Crippen molar-refractivity contribution in [2.24, 2.45) is 0 Å². The van der Waals surface area contributed by atoms with Crippen LogP contribution >= 0.6 is 0 Å². The summed E-state index contributed by atoms with van der Waals surface area (Å²) in [5.41, 5.74) is 2.30. The highest BCUT2D eigenvalue weighted by Gasteiger charge is 2.12. The fraction of sp³-hybridized carbons (Fsp3) is 0.263. The first-order valence-electron chi connectivity index (χ1n) is 7.68. The number of rotatable bonds is 7. The molecular formula is C19H20O5. The standard InChI is InChI=1S/C19H20O5/c1-3-23-18-9-8-16(13(2)21)10-17(18)12-24-19(22)15-6-4-14(11-20)5-7-15/h4-10,20H,3,11-12H2,1-2H3. The average molecular weight is 328 g/mol. The van der Waals surface area contributed by atoms with E-state index in [0.717, 1.165) is 5.56 Å². The molecule has 0 aliphatic heterocycles. The van der Waals surface area contributed by atoms with Gasteiger partial charge >= 0.3 is 5.97 Å². The highest BCUT2D eigenvalue weighted by molar-refractivity contribution is 5.94. The first kappa shape index (κ1) is 17.7. The third-order valence-corrected chi connectivity index (χ3v) is 3.50. The molecule has 0 unspecified atom stereocenters. The van der Waals surface area contributed by atoms with Gasteiger partial charge in [-0.25, -0.2) is 4.79 Å².